The standard InChI is InChI=1S/C15H16ClN3O2/c1-21-15(20)12-11(16)13(17)19(10-5-3-2-4-6-10)14(18-12)9-7-8-9/h2-6,9,14,17-18H,7-8H2,1H3. The molecule has 21 heavy (non-hydrogen) atoms. The summed E-state index contributed by atoms with van der Waals surface area (Å²) in [5.74, 6) is -0.0167. The molecular formula is C15H16ClN3O2. The lowest BCUT2D eigenvalue weighted by atomic mass is 10.1. The average Bonchev–Trinajstić information content (AvgIpc) is 3.34. The highest BCUT2D eigenvalue weighted by atomic mass is 35.5. The number of nitrogens with zero attached hydrogens (tertiary/aromatic N) is 1. The molecule has 0 spiro atoms. The third kappa shape index (κ3) is 2.49. The van der Waals surface area contributed by atoms with Crippen LogP contribution in [0.4, 0.5) is 5.69 Å². The van der Waals surface area contributed by atoms with Gasteiger partial charge in [0.2, 0.25) is 0 Å². The molecule has 0 bridgehead atoms. The highest BCUT2D eigenvalue weighted by molar-refractivity contribution is 6.46. The Morgan fingerprint density at radius 1 is 1.38 bits per heavy atom. The quantitative estimate of drug-likeness (QED) is 0.842. The van der Waals surface area contributed by atoms with Gasteiger partial charge in [0.1, 0.15) is 22.7 Å². The normalized spacial score (nSPS) is 22.1. The van der Waals surface area contributed by atoms with E-state index in [0.29, 0.717) is 5.92 Å². The SMILES string of the molecule is COC(=O)C1=C(Cl)C(=N)N(c2ccccc2)C(C2CC2)N1. The van der Waals surface area contributed by atoms with Crippen LogP contribution in [0.15, 0.2) is 41.1 Å². The molecule has 6 heteroatoms. The zero-order valence-corrected chi connectivity index (χ0v) is 12.4. The van der Waals surface area contributed by atoms with Gasteiger partial charge in [-0.05, 0) is 30.9 Å². The summed E-state index contributed by atoms with van der Waals surface area (Å²) >= 11 is 6.19. The summed E-state index contributed by atoms with van der Waals surface area (Å²) in [4.78, 5) is 13.7. The molecule has 1 aromatic rings. The van der Waals surface area contributed by atoms with Crippen molar-refractivity contribution in [3.63, 3.8) is 0 Å². The fraction of sp³-hybridized carbons (Fsp3) is 0.333. The van der Waals surface area contributed by atoms with E-state index < -0.39 is 5.97 Å². The van der Waals surface area contributed by atoms with Crippen LogP contribution in [0, 0.1) is 11.3 Å². The van der Waals surface area contributed by atoms with E-state index in [4.69, 9.17) is 21.7 Å². The number of anilines is 1. The Morgan fingerprint density at radius 2 is 2.05 bits per heavy atom. The van der Waals surface area contributed by atoms with Gasteiger partial charge in [0.05, 0.1) is 7.11 Å². The molecule has 0 aromatic heterocycles. The minimum Gasteiger partial charge on any atom is -0.464 e. The van der Waals surface area contributed by atoms with E-state index >= 15 is 0 Å². The minimum absolute atomic E-state index is 0.0857. The number of nitrogens with one attached hydrogen (secondary N) is 2. The number of ether oxygens (including phenoxy) is 1. The minimum atomic E-state index is -0.539. The number of hydrogen-bond donors (Lipinski definition) is 2. The molecule has 1 unspecified atom stereocenters. The Hall–Kier alpha value is -2.01. The predicted octanol–water partition coefficient (Wildman–Crippen LogP) is 2.43. The second kappa shape index (κ2) is 5.41. The van der Waals surface area contributed by atoms with E-state index in [1.54, 1.807) is 0 Å². The van der Waals surface area contributed by atoms with Gasteiger partial charge >= 0.3 is 5.97 Å². The summed E-state index contributed by atoms with van der Waals surface area (Å²) in [7, 11) is 1.31. The summed E-state index contributed by atoms with van der Waals surface area (Å²) in [6.07, 6.45) is 2.00. The third-order valence-electron chi connectivity index (χ3n) is 3.73. The molecule has 110 valence electrons. The molecule has 1 aliphatic heterocycles. The number of carbonyl (C=O) groups excluding carboxylic acids is 1. The Kier molecular flexibility index (Phi) is 3.59. The fourth-order valence-electron chi connectivity index (χ4n) is 2.51. The number of rotatable bonds is 3. The van der Waals surface area contributed by atoms with Gasteiger partial charge in [-0.1, -0.05) is 29.8 Å². The maximum atomic E-state index is 11.8. The average molecular weight is 306 g/mol. The van der Waals surface area contributed by atoms with Crippen molar-refractivity contribution in [2.45, 2.75) is 19.0 Å². The van der Waals surface area contributed by atoms with Crippen LogP contribution in [-0.4, -0.2) is 25.1 Å². The van der Waals surface area contributed by atoms with Gasteiger partial charge in [-0.3, -0.25) is 5.41 Å². The first-order chi connectivity index (χ1) is 10.1. The Labute approximate surface area is 128 Å². The van der Waals surface area contributed by atoms with Gasteiger partial charge < -0.3 is 15.0 Å². The lowest BCUT2D eigenvalue weighted by Gasteiger charge is -2.39. The molecular weight excluding hydrogens is 290 g/mol. The predicted molar refractivity (Wildman–Crippen MR) is 81.2 cm³/mol. The molecule has 3 rings (SSSR count). The molecule has 1 fully saturated rings. The molecule has 1 saturated carbocycles. The Balaban J connectivity index is 2.02. The maximum Gasteiger partial charge on any atom is 0.355 e. The molecule has 5 nitrogen and oxygen atoms in total. The molecule has 0 radical (unpaired) electrons. The molecule has 1 atom stereocenters. The van der Waals surface area contributed by atoms with Gasteiger partial charge in [-0.15, -0.1) is 0 Å². The molecule has 0 saturated heterocycles. The monoisotopic (exact) mass is 305 g/mol. The van der Waals surface area contributed by atoms with E-state index in [-0.39, 0.29) is 22.7 Å². The molecule has 1 aliphatic carbocycles. The number of para-hydroxylation sites is 1. The van der Waals surface area contributed by atoms with Crippen LogP contribution in [0.3, 0.4) is 0 Å². The van der Waals surface area contributed by atoms with Crippen LogP contribution in [-0.2, 0) is 9.53 Å². The summed E-state index contributed by atoms with van der Waals surface area (Å²) < 4.78 is 4.74. The molecule has 1 heterocycles. The van der Waals surface area contributed by atoms with Crippen LogP contribution in [0.1, 0.15) is 12.8 Å². The van der Waals surface area contributed by atoms with Crippen molar-refractivity contribution >= 4 is 29.1 Å². The lowest BCUT2D eigenvalue weighted by molar-refractivity contribution is -0.136. The van der Waals surface area contributed by atoms with Crippen LogP contribution in [0.25, 0.3) is 0 Å². The number of methoxy groups -OCH3 is 1. The number of hydrogen-bond acceptors (Lipinski definition) is 4. The van der Waals surface area contributed by atoms with Gasteiger partial charge in [-0.2, -0.15) is 0 Å². The van der Waals surface area contributed by atoms with E-state index in [1.807, 2.05) is 35.2 Å². The number of amidine groups is 1. The summed E-state index contributed by atoms with van der Waals surface area (Å²) in [5.41, 5.74) is 1.06. The second-order valence-electron chi connectivity index (χ2n) is 5.16. The van der Waals surface area contributed by atoms with Crippen molar-refractivity contribution in [2.75, 3.05) is 12.0 Å². The van der Waals surface area contributed by atoms with Gasteiger partial charge in [0, 0.05) is 5.69 Å². The summed E-state index contributed by atoms with van der Waals surface area (Å²) in [6.45, 7) is 0. The zero-order chi connectivity index (χ0) is 15.0. The van der Waals surface area contributed by atoms with E-state index in [0.717, 1.165) is 18.5 Å². The van der Waals surface area contributed by atoms with Crippen LogP contribution in [0.2, 0.25) is 0 Å². The third-order valence-corrected chi connectivity index (χ3v) is 4.10. The topological polar surface area (TPSA) is 65.4 Å². The Bertz CT molecular complexity index is 611. The van der Waals surface area contributed by atoms with Crippen LogP contribution < -0.4 is 10.2 Å². The second-order valence-corrected chi connectivity index (χ2v) is 5.54. The highest BCUT2D eigenvalue weighted by Crippen LogP contribution is 2.39. The van der Waals surface area contributed by atoms with E-state index in [1.165, 1.54) is 7.11 Å². The van der Waals surface area contributed by atoms with E-state index in [9.17, 15) is 4.79 Å². The zero-order valence-electron chi connectivity index (χ0n) is 11.6. The Morgan fingerprint density at radius 3 is 2.62 bits per heavy atom. The van der Waals surface area contributed by atoms with Gasteiger partial charge in [0.25, 0.3) is 0 Å². The van der Waals surface area contributed by atoms with Crippen molar-refractivity contribution < 1.29 is 9.53 Å². The number of carbonyl (C=O) groups is 1. The van der Waals surface area contributed by atoms with Gasteiger partial charge in [0.15, 0.2) is 0 Å². The van der Waals surface area contributed by atoms with Crippen molar-refractivity contribution in [2.24, 2.45) is 5.92 Å². The summed E-state index contributed by atoms with van der Waals surface area (Å²) in [6, 6.07) is 9.62. The number of halogens is 1. The molecule has 0 amide bonds. The van der Waals surface area contributed by atoms with Crippen molar-refractivity contribution in [1.82, 2.24) is 5.32 Å². The lowest BCUT2D eigenvalue weighted by Crippen LogP contribution is -2.55. The first kappa shape index (κ1) is 13.9. The number of benzene rings is 1. The van der Waals surface area contributed by atoms with Crippen molar-refractivity contribution in [3.05, 3.63) is 41.1 Å². The number of esters is 1. The van der Waals surface area contributed by atoms with Crippen molar-refractivity contribution in [3.8, 4) is 0 Å². The smallest absolute Gasteiger partial charge is 0.355 e. The highest BCUT2D eigenvalue weighted by Gasteiger charge is 2.42. The first-order valence-corrected chi connectivity index (χ1v) is 7.19. The molecule has 1 aromatic carbocycles. The van der Waals surface area contributed by atoms with Gasteiger partial charge in [-0.25, -0.2) is 4.79 Å². The molecule has 2 N–H and O–H groups in total. The maximum absolute atomic E-state index is 11.8. The fourth-order valence-corrected chi connectivity index (χ4v) is 2.73. The van der Waals surface area contributed by atoms with Crippen LogP contribution in [0.5, 0.6) is 0 Å². The first-order valence-electron chi connectivity index (χ1n) is 6.81. The van der Waals surface area contributed by atoms with Crippen LogP contribution >= 0.6 is 11.6 Å². The van der Waals surface area contributed by atoms with E-state index in [2.05, 4.69) is 5.32 Å². The summed E-state index contributed by atoms with van der Waals surface area (Å²) in [5, 5.41) is 11.6. The largest absolute Gasteiger partial charge is 0.464 e. The van der Waals surface area contributed by atoms with Crippen molar-refractivity contribution in [1.29, 1.82) is 5.41 Å². The molecule has 2 aliphatic rings.